The first-order chi connectivity index (χ1) is 19.5. The Morgan fingerprint density at radius 1 is 0.975 bits per heavy atom. The molecule has 3 aromatic carbocycles. The molecule has 1 N–H and O–H groups in total. The van der Waals surface area contributed by atoms with Crippen LogP contribution in [0.3, 0.4) is 0 Å². The summed E-state index contributed by atoms with van der Waals surface area (Å²) in [7, 11) is 3.26. The van der Waals surface area contributed by atoms with Gasteiger partial charge in [-0.2, -0.15) is 0 Å². The maximum absolute atomic E-state index is 13.8. The maximum Gasteiger partial charge on any atom is 0.254 e. The van der Waals surface area contributed by atoms with Crippen LogP contribution in [0.15, 0.2) is 84.6 Å². The molecule has 0 aromatic heterocycles. The third-order valence-electron chi connectivity index (χ3n) is 6.90. The van der Waals surface area contributed by atoms with Gasteiger partial charge in [-0.05, 0) is 55.7 Å². The summed E-state index contributed by atoms with van der Waals surface area (Å²) < 4.78 is 22.7. The summed E-state index contributed by atoms with van der Waals surface area (Å²) in [6.07, 6.45) is 3.31. The van der Waals surface area contributed by atoms with E-state index in [1.165, 1.54) is 0 Å². The first kappa shape index (κ1) is 29.2. The van der Waals surface area contributed by atoms with E-state index in [4.69, 9.17) is 18.9 Å². The van der Waals surface area contributed by atoms with Crippen molar-refractivity contribution < 1.29 is 23.7 Å². The van der Waals surface area contributed by atoms with E-state index in [1.807, 2.05) is 61.4 Å². The Hall–Kier alpha value is -3.81. The molecule has 1 amide bonds. The second kappa shape index (κ2) is 14.5. The van der Waals surface area contributed by atoms with Crippen LogP contribution in [0.5, 0.6) is 17.2 Å². The average molecular weight is 545 g/mol. The molecule has 4 rings (SSSR count). The Balaban J connectivity index is 1.49. The second-order valence-electron chi connectivity index (χ2n) is 10.1. The number of amides is 1. The zero-order chi connectivity index (χ0) is 28.3. The van der Waals surface area contributed by atoms with Crippen molar-refractivity contribution in [1.29, 1.82) is 0 Å². The smallest absolute Gasteiger partial charge is 0.254 e. The number of ether oxygens (including phenoxy) is 4. The summed E-state index contributed by atoms with van der Waals surface area (Å²) in [5.41, 5.74) is 3.82. The highest BCUT2D eigenvalue weighted by Crippen LogP contribution is 2.32. The number of para-hydroxylation sites is 1. The number of hydrogen-bond acceptors (Lipinski definition) is 6. The number of nitrogens with one attached hydrogen (secondary N) is 1. The van der Waals surface area contributed by atoms with Crippen molar-refractivity contribution in [1.82, 2.24) is 10.2 Å². The highest BCUT2D eigenvalue weighted by Gasteiger charge is 2.30. The number of nitrogens with zero attached hydrogens (tertiary/aromatic N) is 1. The summed E-state index contributed by atoms with van der Waals surface area (Å²) in [4.78, 5) is 15.8. The fourth-order valence-corrected chi connectivity index (χ4v) is 4.98. The predicted octanol–water partition coefficient (Wildman–Crippen LogP) is 5.95. The van der Waals surface area contributed by atoms with E-state index in [2.05, 4.69) is 23.5 Å². The van der Waals surface area contributed by atoms with E-state index in [9.17, 15) is 4.79 Å². The second-order valence-corrected chi connectivity index (χ2v) is 10.1. The molecule has 1 saturated heterocycles. The van der Waals surface area contributed by atoms with Gasteiger partial charge in [-0.3, -0.25) is 4.79 Å². The van der Waals surface area contributed by atoms with Crippen molar-refractivity contribution in [2.75, 3.05) is 40.5 Å². The first-order valence-electron chi connectivity index (χ1n) is 13.8. The minimum Gasteiger partial charge on any atom is -0.493 e. The van der Waals surface area contributed by atoms with Gasteiger partial charge in [0.1, 0.15) is 5.75 Å². The van der Waals surface area contributed by atoms with Gasteiger partial charge in [-0.15, -0.1) is 0 Å². The fourth-order valence-electron chi connectivity index (χ4n) is 4.98. The number of carbonyl (C=O) groups excluding carboxylic acids is 1. The molecule has 1 aliphatic rings. The molecule has 3 aromatic rings. The van der Waals surface area contributed by atoms with E-state index >= 15 is 0 Å². The van der Waals surface area contributed by atoms with E-state index in [0.29, 0.717) is 43.4 Å². The molecule has 212 valence electrons. The lowest BCUT2D eigenvalue weighted by Gasteiger charge is -2.38. The quantitative estimate of drug-likeness (QED) is 0.224. The number of benzene rings is 3. The van der Waals surface area contributed by atoms with Crippen LogP contribution < -0.4 is 19.5 Å². The number of piperidine rings is 1. The van der Waals surface area contributed by atoms with Gasteiger partial charge in [-0.1, -0.05) is 48.5 Å². The molecule has 7 heteroatoms. The summed E-state index contributed by atoms with van der Waals surface area (Å²) in [6, 6.07) is 23.6. The maximum atomic E-state index is 13.8. The molecule has 1 heterocycles. The lowest BCUT2D eigenvalue weighted by molar-refractivity contribution is 0.0593. The largest absolute Gasteiger partial charge is 0.493 e. The Kier molecular flexibility index (Phi) is 10.6. The molecule has 1 atom stereocenters. The standard InChI is InChI=1S/C33H40N2O5/c1-24(2)35(33(36)27-15-16-31(38-4)32(20-27)39-18-10-17-37-3)28-19-25(21-34-22-28)23-40-30-14-9-8-13-29(30)26-11-6-5-7-12-26/h5-9,11-16,20,23-24,28,34H,10,17-19,21-22H2,1-4H3/b25-23-. The molecule has 1 fully saturated rings. The fraction of sp³-hybridized carbons (Fsp3) is 0.364. The van der Waals surface area contributed by atoms with Gasteiger partial charge in [0.25, 0.3) is 5.91 Å². The molecular formula is C33H40N2O5. The highest BCUT2D eigenvalue weighted by atomic mass is 16.5. The number of rotatable bonds is 12. The minimum absolute atomic E-state index is 0.00606. The van der Waals surface area contributed by atoms with Crippen LogP contribution in [0.4, 0.5) is 0 Å². The van der Waals surface area contributed by atoms with Gasteiger partial charge in [-0.25, -0.2) is 0 Å². The average Bonchev–Trinajstić information content (AvgIpc) is 2.99. The van der Waals surface area contributed by atoms with Gasteiger partial charge in [0, 0.05) is 56.4 Å². The monoisotopic (exact) mass is 544 g/mol. The molecule has 1 unspecified atom stereocenters. The van der Waals surface area contributed by atoms with Crippen molar-refractivity contribution in [3.05, 3.63) is 90.2 Å². The van der Waals surface area contributed by atoms with E-state index < -0.39 is 0 Å². The molecule has 0 spiro atoms. The van der Waals surface area contributed by atoms with Crippen molar-refractivity contribution in [3.8, 4) is 28.4 Å². The van der Waals surface area contributed by atoms with Crippen LogP contribution in [-0.2, 0) is 4.74 Å². The lowest BCUT2D eigenvalue weighted by atomic mass is 9.99. The third-order valence-corrected chi connectivity index (χ3v) is 6.90. The summed E-state index contributed by atoms with van der Waals surface area (Å²) in [6.45, 7) is 6.60. The Morgan fingerprint density at radius 2 is 1.75 bits per heavy atom. The van der Waals surface area contributed by atoms with E-state index in [-0.39, 0.29) is 18.0 Å². The zero-order valence-electron chi connectivity index (χ0n) is 23.9. The zero-order valence-corrected chi connectivity index (χ0v) is 23.9. The molecule has 1 aliphatic heterocycles. The van der Waals surface area contributed by atoms with Crippen LogP contribution in [0, 0.1) is 0 Å². The molecule has 0 radical (unpaired) electrons. The first-order valence-corrected chi connectivity index (χ1v) is 13.8. The third kappa shape index (κ3) is 7.43. The van der Waals surface area contributed by atoms with E-state index in [1.54, 1.807) is 32.4 Å². The van der Waals surface area contributed by atoms with Gasteiger partial charge < -0.3 is 29.2 Å². The minimum atomic E-state index is -0.0391. The van der Waals surface area contributed by atoms with Crippen LogP contribution >= 0.6 is 0 Å². The van der Waals surface area contributed by atoms with Crippen LogP contribution in [0.2, 0.25) is 0 Å². The Labute approximate surface area is 237 Å². The predicted molar refractivity (Wildman–Crippen MR) is 158 cm³/mol. The molecule has 0 saturated carbocycles. The molecule has 40 heavy (non-hydrogen) atoms. The SMILES string of the molecule is COCCCOc1cc(C(=O)N(C(C)C)C2CNC/C(=C\Oc3ccccc3-c3ccccc3)C2)ccc1OC. The summed E-state index contributed by atoms with van der Waals surface area (Å²) in [5, 5.41) is 3.48. The summed E-state index contributed by atoms with van der Waals surface area (Å²) in [5.74, 6) is 1.92. The van der Waals surface area contributed by atoms with Gasteiger partial charge in [0.2, 0.25) is 0 Å². The van der Waals surface area contributed by atoms with Crippen LogP contribution in [0.25, 0.3) is 11.1 Å². The van der Waals surface area contributed by atoms with Crippen molar-refractivity contribution >= 4 is 5.91 Å². The normalized spacial score (nSPS) is 16.1. The number of carbonyl (C=O) groups is 1. The molecule has 7 nitrogen and oxygen atoms in total. The van der Waals surface area contributed by atoms with Gasteiger partial charge >= 0.3 is 0 Å². The topological polar surface area (TPSA) is 69.3 Å². The van der Waals surface area contributed by atoms with E-state index in [0.717, 1.165) is 35.3 Å². The van der Waals surface area contributed by atoms with Crippen LogP contribution in [-0.4, -0.2) is 63.4 Å². The molecular weight excluding hydrogens is 504 g/mol. The molecule has 0 aliphatic carbocycles. The van der Waals surface area contributed by atoms with Crippen molar-refractivity contribution in [2.45, 2.75) is 38.8 Å². The lowest BCUT2D eigenvalue weighted by Crippen LogP contribution is -2.52. The number of hydrogen-bond donors (Lipinski definition) is 1. The van der Waals surface area contributed by atoms with Gasteiger partial charge in [0.15, 0.2) is 11.5 Å². The van der Waals surface area contributed by atoms with Crippen molar-refractivity contribution in [2.24, 2.45) is 0 Å². The van der Waals surface area contributed by atoms with Gasteiger partial charge in [0.05, 0.1) is 20.0 Å². The van der Waals surface area contributed by atoms with Crippen LogP contribution in [0.1, 0.15) is 37.0 Å². The summed E-state index contributed by atoms with van der Waals surface area (Å²) >= 11 is 0. The Morgan fingerprint density at radius 3 is 2.50 bits per heavy atom. The Bertz CT molecular complexity index is 1270. The van der Waals surface area contributed by atoms with Crippen molar-refractivity contribution in [3.63, 3.8) is 0 Å². The molecule has 0 bridgehead atoms. The number of methoxy groups -OCH3 is 2. The highest BCUT2D eigenvalue weighted by molar-refractivity contribution is 5.95.